The molecule has 4 heterocycles. The Hall–Kier alpha value is -1.26. The molecule has 5 fully saturated rings. The summed E-state index contributed by atoms with van der Waals surface area (Å²) in [6.45, 7) is 9.34. The van der Waals surface area contributed by atoms with E-state index in [-0.39, 0.29) is 43.1 Å². The van der Waals surface area contributed by atoms with Crippen LogP contribution in [0.4, 0.5) is 0 Å². The van der Waals surface area contributed by atoms with E-state index >= 15 is 0 Å². The van der Waals surface area contributed by atoms with Gasteiger partial charge in [-0.1, -0.05) is 13.8 Å². The van der Waals surface area contributed by atoms with Crippen LogP contribution < -0.4 is 5.32 Å². The molecule has 8 atom stereocenters. The zero-order valence-corrected chi connectivity index (χ0v) is 19.7. The lowest BCUT2D eigenvalue weighted by Crippen LogP contribution is -2.70. The molecule has 4 saturated heterocycles. The summed E-state index contributed by atoms with van der Waals surface area (Å²) in [5.74, 6) is -1.04. The molecule has 1 amide bonds. The number of aliphatic hydroxyl groups is 1. The normalized spacial score (nSPS) is 43.2. The van der Waals surface area contributed by atoms with E-state index in [9.17, 15) is 14.7 Å². The van der Waals surface area contributed by atoms with Gasteiger partial charge in [-0.2, -0.15) is 0 Å². The van der Waals surface area contributed by atoms with Gasteiger partial charge < -0.3 is 24.6 Å². The maximum Gasteiger partial charge on any atom is 0.308 e. The van der Waals surface area contributed by atoms with Crippen LogP contribution in [0.3, 0.4) is 0 Å². The monoisotopic (exact) mass is 455 g/mol. The molecule has 2 bridgehead atoms. The molecule has 1 spiro atoms. The maximum absolute atomic E-state index is 12.5. The minimum atomic E-state index is -0.885. The molecule has 0 aromatic rings. The van der Waals surface area contributed by atoms with Gasteiger partial charge in [-0.3, -0.25) is 9.59 Å². The largest absolute Gasteiger partial charge is 0.435 e. The number of rotatable bonds is 6. The lowest BCUT2D eigenvalue weighted by atomic mass is 9.58. The fourth-order valence-corrected chi connectivity index (χ4v) is 5.89. The SMILES string of the molecule is C[C@H]1[C@H](OC(=O)CCC(=O)NC(C)(C)CO)O[C@H]2O[C@]3(C)CC[C@H]4[C@H](C)CC[C@@H]1[C@@]24OO3. The molecule has 1 aliphatic carbocycles. The molecule has 182 valence electrons. The van der Waals surface area contributed by atoms with Crippen molar-refractivity contribution in [1.82, 2.24) is 5.32 Å². The first-order valence-corrected chi connectivity index (χ1v) is 11.8. The van der Waals surface area contributed by atoms with Crippen molar-refractivity contribution in [3.8, 4) is 0 Å². The summed E-state index contributed by atoms with van der Waals surface area (Å²) < 4.78 is 18.2. The van der Waals surface area contributed by atoms with Gasteiger partial charge in [0.2, 0.25) is 18.0 Å². The Labute approximate surface area is 189 Å². The lowest BCUT2D eigenvalue weighted by Gasteiger charge is -2.59. The van der Waals surface area contributed by atoms with Crippen molar-refractivity contribution < 1.29 is 38.7 Å². The second-order valence-electron chi connectivity index (χ2n) is 10.9. The summed E-state index contributed by atoms with van der Waals surface area (Å²) in [4.78, 5) is 36.5. The molecule has 5 rings (SSSR count). The smallest absolute Gasteiger partial charge is 0.308 e. The molecule has 0 radical (unpaired) electrons. The standard InChI is InChI=1S/C23H37NO8/c1-13-6-7-16-14(2)19(28-18(27)9-8-17(26)24-21(3,4)12-25)29-20-23(16)15(13)10-11-22(5,30-20)31-32-23/h13-16,19-20,25H,6-12H2,1-5H3,(H,24,26)/t13-,14-,15+,16+,19-,20+,22+,23-/m1/s1. The van der Waals surface area contributed by atoms with Gasteiger partial charge in [0.05, 0.1) is 18.6 Å². The van der Waals surface area contributed by atoms with E-state index in [0.717, 1.165) is 19.3 Å². The van der Waals surface area contributed by atoms with Crippen molar-refractivity contribution in [3.63, 3.8) is 0 Å². The zero-order valence-electron chi connectivity index (χ0n) is 19.7. The lowest BCUT2D eigenvalue weighted by molar-refractivity contribution is -0.576. The van der Waals surface area contributed by atoms with E-state index in [4.69, 9.17) is 24.0 Å². The highest BCUT2D eigenvalue weighted by molar-refractivity contribution is 5.81. The minimum Gasteiger partial charge on any atom is -0.435 e. The third-order valence-electron chi connectivity index (χ3n) is 7.77. The van der Waals surface area contributed by atoms with Crippen molar-refractivity contribution in [3.05, 3.63) is 0 Å². The number of nitrogens with one attached hydrogen (secondary N) is 1. The Balaban J connectivity index is 1.43. The van der Waals surface area contributed by atoms with Crippen LogP contribution in [0.2, 0.25) is 0 Å². The van der Waals surface area contributed by atoms with Crippen LogP contribution in [0.5, 0.6) is 0 Å². The number of carbonyl (C=O) groups is 2. The summed E-state index contributed by atoms with van der Waals surface area (Å²) >= 11 is 0. The number of ether oxygens (including phenoxy) is 3. The quantitative estimate of drug-likeness (QED) is 0.464. The van der Waals surface area contributed by atoms with Crippen LogP contribution in [0.15, 0.2) is 0 Å². The fourth-order valence-electron chi connectivity index (χ4n) is 5.89. The molecular formula is C23H37NO8. The molecule has 4 aliphatic heterocycles. The molecule has 0 aromatic carbocycles. The average molecular weight is 456 g/mol. The maximum atomic E-state index is 12.5. The van der Waals surface area contributed by atoms with E-state index in [1.807, 2.05) is 13.8 Å². The number of carbonyl (C=O) groups excluding carboxylic acids is 2. The Morgan fingerprint density at radius 3 is 2.59 bits per heavy atom. The van der Waals surface area contributed by atoms with Crippen LogP contribution >= 0.6 is 0 Å². The van der Waals surface area contributed by atoms with E-state index in [2.05, 4.69) is 12.2 Å². The first-order valence-electron chi connectivity index (χ1n) is 11.8. The van der Waals surface area contributed by atoms with Crippen LogP contribution in [-0.2, 0) is 33.6 Å². The highest BCUT2D eigenvalue weighted by atomic mass is 17.3. The van der Waals surface area contributed by atoms with Crippen molar-refractivity contribution >= 4 is 11.9 Å². The number of hydrogen-bond acceptors (Lipinski definition) is 8. The Morgan fingerprint density at radius 1 is 1.12 bits per heavy atom. The van der Waals surface area contributed by atoms with Crippen LogP contribution in [-0.4, -0.2) is 53.1 Å². The number of aliphatic hydroxyl groups excluding tert-OH is 1. The van der Waals surface area contributed by atoms with Crippen molar-refractivity contribution in [1.29, 1.82) is 0 Å². The summed E-state index contributed by atoms with van der Waals surface area (Å²) in [6, 6.07) is 0. The topological polar surface area (TPSA) is 113 Å². The molecule has 0 aromatic heterocycles. The highest BCUT2D eigenvalue weighted by Gasteiger charge is 2.69. The van der Waals surface area contributed by atoms with Crippen LogP contribution in [0.25, 0.3) is 0 Å². The zero-order chi connectivity index (χ0) is 23.3. The Morgan fingerprint density at radius 2 is 1.88 bits per heavy atom. The average Bonchev–Trinajstić information content (AvgIpc) is 2.96. The van der Waals surface area contributed by atoms with Crippen LogP contribution in [0, 0.1) is 23.7 Å². The van der Waals surface area contributed by atoms with Crippen LogP contribution in [0.1, 0.15) is 73.1 Å². The molecule has 32 heavy (non-hydrogen) atoms. The van der Waals surface area contributed by atoms with Gasteiger partial charge in [0.1, 0.15) is 0 Å². The number of esters is 1. The van der Waals surface area contributed by atoms with E-state index in [1.54, 1.807) is 13.8 Å². The molecule has 0 unspecified atom stereocenters. The van der Waals surface area contributed by atoms with Gasteiger partial charge in [-0.05, 0) is 51.9 Å². The molecular weight excluding hydrogens is 418 g/mol. The molecule has 1 saturated carbocycles. The minimum absolute atomic E-state index is 0.0225. The Kier molecular flexibility index (Phi) is 6.35. The third kappa shape index (κ3) is 4.18. The highest BCUT2D eigenvalue weighted by Crippen LogP contribution is 2.60. The second kappa shape index (κ2) is 8.51. The summed E-state index contributed by atoms with van der Waals surface area (Å²) in [5, 5.41) is 12.0. The summed E-state index contributed by atoms with van der Waals surface area (Å²) in [5.41, 5.74) is -1.44. The van der Waals surface area contributed by atoms with Crippen molar-refractivity contribution in [2.45, 2.75) is 103 Å². The molecule has 5 aliphatic rings. The fraction of sp³-hybridized carbons (Fsp3) is 0.913. The number of amides is 1. The first kappa shape index (κ1) is 23.9. The Bertz CT molecular complexity index is 744. The predicted molar refractivity (Wildman–Crippen MR) is 111 cm³/mol. The second-order valence-corrected chi connectivity index (χ2v) is 10.9. The van der Waals surface area contributed by atoms with Crippen molar-refractivity contribution in [2.75, 3.05) is 6.61 Å². The summed E-state index contributed by atoms with van der Waals surface area (Å²) in [6.07, 6.45) is 2.08. The third-order valence-corrected chi connectivity index (χ3v) is 7.77. The van der Waals surface area contributed by atoms with Gasteiger partial charge in [-0.25, -0.2) is 9.78 Å². The van der Waals surface area contributed by atoms with Gasteiger partial charge in [0.25, 0.3) is 0 Å². The summed E-state index contributed by atoms with van der Waals surface area (Å²) in [7, 11) is 0. The van der Waals surface area contributed by atoms with E-state index in [1.165, 1.54) is 0 Å². The van der Waals surface area contributed by atoms with Gasteiger partial charge >= 0.3 is 5.97 Å². The number of fused-ring (bicyclic) bond motifs is 2. The van der Waals surface area contributed by atoms with E-state index < -0.39 is 35.5 Å². The molecule has 9 heteroatoms. The number of hydrogen-bond donors (Lipinski definition) is 2. The first-order chi connectivity index (χ1) is 15.0. The van der Waals surface area contributed by atoms with E-state index in [0.29, 0.717) is 12.3 Å². The van der Waals surface area contributed by atoms with Gasteiger partial charge in [-0.15, -0.1) is 0 Å². The van der Waals surface area contributed by atoms with Gasteiger partial charge in [0, 0.05) is 24.7 Å². The molecule has 2 N–H and O–H groups in total. The predicted octanol–water partition coefficient (Wildman–Crippen LogP) is 2.40. The molecule has 9 nitrogen and oxygen atoms in total. The van der Waals surface area contributed by atoms with Crippen molar-refractivity contribution in [2.24, 2.45) is 23.7 Å². The van der Waals surface area contributed by atoms with Gasteiger partial charge in [0.15, 0.2) is 11.9 Å².